The summed E-state index contributed by atoms with van der Waals surface area (Å²) in [5.41, 5.74) is 3.44. The number of nitrogens with zero attached hydrogens (tertiary/aromatic N) is 3. The van der Waals surface area contributed by atoms with Crippen molar-refractivity contribution in [3.63, 3.8) is 0 Å². The Morgan fingerprint density at radius 2 is 1.80 bits per heavy atom. The second-order valence-electron chi connectivity index (χ2n) is 7.82. The third kappa shape index (κ3) is 3.96. The Labute approximate surface area is 175 Å². The molecule has 7 heteroatoms. The highest BCUT2D eigenvalue weighted by Crippen LogP contribution is 2.32. The first kappa shape index (κ1) is 19.8. The molecule has 0 saturated carbocycles. The zero-order chi connectivity index (χ0) is 21.3. The minimum Gasteiger partial charge on any atom is -0.347 e. The molecule has 0 aliphatic carbocycles. The predicted molar refractivity (Wildman–Crippen MR) is 113 cm³/mol. The van der Waals surface area contributed by atoms with E-state index >= 15 is 0 Å². The zero-order valence-corrected chi connectivity index (χ0v) is 17.3. The third-order valence-corrected chi connectivity index (χ3v) is 5.60. The highest BCUT2D eigenvalue weighted by molar-refractivity contribution is 5.96. The average Bonchev–Trinajstić information content (AvgIpc) is 3.36. The molecule has 7 nitrogen and oxygen atoms in total. The molecule has 1 saturated heterocycles. The highest BCUT2D eigenvalue weighted by atomic mass is 16.2. The van der Waals surface area contributed by atoms with Crippen LogP contribution in [0.3, 0.4) is 0 Å². The van der Waals surface area contributed by atoms with Gasteiger partial charge in [-0.25, -0.2) is 4.98 Å². The molecule has 3 aromatic rings. The predicted octanol–water partition coefficient (Wildman–Crippen LogP) is 3.12. The summed E-state index contributed by atoms with van der Waals surface area (Å²) in [6.07, 6.45) is 0.562. The fraction of sp³-hybridized carbons (Fsp3) is 0.304. The van der Waals surface area contributed by atoms with Crippen LogP contribution in [-0.4, -0.2) is 44.5 Å². The maximum Gasteiger partial charge on any atom is 0.254 e. The molecule has 2 atom stereocenters. The number of carbonyl (C=O) groups excluding carboxylic acids is 2. The number of hydrogen-bond donors (Lipinski definition) is 2. The molecule has 0 bridgehead atoms. The Kier molecular flexibility index (Phi) is 5.35. The molecular weight excluding hydrogens is 378 g/mol. The molecule has 2 heterocycles. The first-order valence-corrected chi connectivity index (χ1v) is 10.1. The van der Waals surface area contributed by atoms with Crippen molar-refractivity contribution in [3.05, 3.63) is 82.4 Å². The SMILES string of the molecule is Cc1nc([C@@H]2C[C@H](NC(=O)c3ccccc3)CN2C(=O)c2ccc(C)c(C)c2)n[nH]1. The molecular formula is C23H25N5O2. The number of hydrogen-bond acceptors (Lipinski definition) is 4. The lowest BCUT2D eigenvalue weighted by molar-refractivity contribution is 0.0724. The smallest absolute Gasteiger partial charge is 0.254 e. The third-order valence-electron chi connectivity index (χ3n) is 5.60. The van der Waals surface area contributed by atoms with Crippen molar-refractivity contribution < 1.29 is 9.59 Å². The van der Waals surface area contributed by atoms with Crippen LogP contribution in [0.4, 0.5) is 0 Å². The number of carbonyl (C=O) groups is 2. The van der Waals surface area contributed by atoms with E-state index in [2.05, 4.69) is 20.5 Å². The molecule has 154 valence electrons. The maximum atomic E-state index is 13.3. The van der Waals surface area contributed by atoms with E-state index in [1.165, 1.54) is 0 Å². The van der Waals surface area contributed by atoms with Gasteiger partial charge in [0, 0.05) is 23.7 Å². The molecule has 2 aromatic carbocycles. The lowest BCUT2D eigenvalue weighted by atomic mass is 10.1. The number of aromatic amines is 1. The average molecular weight is 403 g/mol. The van der Waals surface area contributed by atoms with Gasteiger partial charge in [-0.15, -0.1) is 0 Å². The number of nitrogens with one attached hydrogen (secondary N) is 2. The van der Waals surface area contributed by atoms with E-state index < -0.39 is 0 Å². The molecule has 0 unspecified atom stereocenters. The van der Waals surface area contributed by atoms with Crippen molar-refractivity contribution in [2.24, 2.45) is 0 Å². The van der Waals surface area contributed by atoms with Gasteiger partial charge >= 0.3 is 0 Å². The van der Waals surface area contributed by atoms with Crippen LogP contribution in [0.15, 0.2) is 48.5 Å². The topological polar surface area (TPSA) is 91.0 Å². The van der Waals surface area contributed by atoms with Crippen LogP contribution in [0.1, 0.15) is 56.0 Å². The van der Waals surface area contributed by atoms with Crippen molar-refractivity contribution in [1.82, 2.24) is 25.4 Å². The zero-order valence-electron chi connectivity index (χ0n) is 17.3. The number of aromatic nitrogens is 3. The van der Waals surface area contributed by atoms with Gasteiger partial charge in [-0.3, -0.25) is 14.7 Å². The Morgan fingerprint density at radius 1 is 1.03 bits per heavy atom. The van der Waals surface area contributed by atoms with E-state index in [-0.39, 0.29) is 23.9 Å². The van der Waals surface area contributed by atoms with Gasteiger partial charge in [0.2, 0.25) is 0 Å². The van der Waals surface area contributed by atoms with Crippen LogP contribution in [0.5, 0.6) is 0 Å². The standard InChI is InChI=1S/C23H25N5O2/c1-14-9-10-18(11-15(14)2)23(30)28-13-19(12-20(28)21-24-16(3)26-27-21)25-22(29)17-7-5-4-6-8-17/h4-11,19-20H,12-13H2,1-3H3,(H,25,29)(H,24,26,27)/t19-,20-/m0/s1. The molecule has 1 fully saturated rings. The molecule has 4 rings (SSSR count). The van der Waals surface area contributed by atoms with E-state index in [4.69, 9.17) is 0 Å². The highest BCUT2D eigenvalue weighted by Gasteiger charge is 2.39. The monoisotopic (exact) mass is 403 g/mol. The van der Waals surface area contributed by atoms with Crippen LogP contribution < -0.4 is 5.32 Å². The van der Waals surface area contributed by atoms with Crippen molar-refractivity contribution in [2.75, 3.05) is 6.54 Å². The lowest BCUT2D eigenvalue weighted by Crippen LogP contribution is -2.38. The molecule has 1 aromatic heterocycles. The van der Waals surface area contributed by atoms with E-state index in [0.717, 1.165) is 11.1 Å². The fourth-order valence-electron chi connectivity index (χ4n) is 3.82. The van der Waals surface area contributed by atoms with Crippen LogP contribution in [0.25, 0.3) is 0 Å². The first-order valence-electron chi connectivity index (χ1n) is 10.1. The molecule has 0 radical (unpaired) electrons. The summed E-state index contributed by atoms with van der Waals surface area (Å²) in [4.78, 5) is 32.2. The molecule has 2 N–H and O–H groups in total. The molecule has 1 aliphatic heterocycles. The molecule has 2 amide bonds. The Balaban J connectivity index is 1.58. The van der Waals surface area contributed by atoms with Crippen molar-refractivity contribution in [2.45, 2.75) is 39.3 Å². The largest absolute Gasteiger partial charge is 0.347 e. The van der Waals surface area contributed by atoms with Crippen LogP contribution >= 0.6 is 0 Å². The molecule has 0 spiro atoms. The van der Waals surface area contributed by atoms with Gasteiger partial charge in [-0.1, -0.05) is 24.3 Å². The summed E-state index contributed by atoms with van der Waals surface area (Å²) in [7, 11) is 0. The summed E-state index contributed by atoms with van der Waals surface area (Å²) >= 11 is 0. The van der Waals surface area contributed by atoms with Crippen LogP contribution in [0, 0.1) is 20.8 Å². The van der Waals surface area contributed by atoms with Gasteiger partial charge in [0.25, 0.3) is 11.8 Å². The second kappa shape index (κ2) is 8.10. The Morgan fingerprint density at radius 3 is 2.47 bits per heavy atom. The van der Waals surface area contributed by atoms with E-state index in [0.29, 0.717) is 35.7 Å². The second-order valence-corrected chi connectivity index (χ2v) is 7.82. The first-order chi connectivity index (χ1) is 14.4. The summed E-state index contributed by atoms with van der Waals surface area (Å²) in [5, 5.41) is 10.2. The number of likely N-dealkylation sites (tertiary alicyclic amines) is 1. The quantitative estimate of drug-likeness (QED) is 0.700. The molecule has 1 aliphatic rings. The fourth-order valence-corrected chi connectivity index (χ4v) is 3.82. The van der Waals surface area contributed by atoms with Gasteiger partial charge in [-0.05, 0) is 62.6 Å². The summed E-state index contributed by atoms with van der Waals surface area (Å²) in [6, 6.07) is 14.3. The number of rotatable bonds is 4. The van der Waals surface area contributed by atoms with E-state index in [9.17, 15) is 9.59 Å². The summed E-state index contributed by atoms with van der Waals surface area (Å²) in [5.74, 6) is 1.04. The summed E-state index contributed by atoms with van der Waals surface area (Å²) < 4.78 is 0. The number of amides is 2. The summed E-state index contributed by atoms with van der Waals surface area (Å²) in [6.45, 7) is 6.25. The van der Waals surface area contributed by atoms with E-state index in [1.54, 1.807) is 17.0 Å². The van der Waals surface area contributed by atoms with Gasteiger partial charge in [0.1, 0.15) is 5.82 Å². The minimum absolute atomic E-state index is 0.0815. The number of benzene rings is 2. The van der Waals surface area contributed by atoms with Gasteiger partial charge in [0.15, 0.2) is 5.82 Å². The Bertz CT molecular complexity index is 1080. The van der Waals surface area contributed by atoms with Gasteiger partial charge < -0.3 is 10.2 Å². The number of aryl methyl sites for hydroxylation is 3. The molecule has 30 heavy (non-hydrogen) atoms. The van der Waals surface area contributed by atoms with Crippen LogP contribution in [-0.2, 0) is 0 Å². The normalized spacial score (nSPS) is 18.4. The van der Waals surface area contributed by atoms with Crippen LogP contribution in [0.2, 0.25) is 0 Å². The van der Waals surface area contributed by atoms with Gasteiger partial charge in [-0.2, -0.15) is 5.10 Å². The van der Waals surface area contributed by atoms with Gasteiger partial charge in [0.05, 0.1) is 6.04 Å². The lowest BCUT2D eigenvalue weighted by Gasteiger charge is -2.23. The number of H-pyrrole nitrogens is 1. The Hall–Kier alpha value is -3.48. The van der Waals surface area contributed by atoms with E-state index in [1.807, 2.05) is 57.2 Å². The van der Waals surface area contributed by atoms with Crippen molar-refractivity contribution in [3.8, 4) is 0 Å². The minimum atomic E-state index is -0.301. The maximum absolute atomic E-state index is 13.3. The van der Waals surface area contributed by atoms with Crippen molar-refractivity contribution >= 4 is 11.8 Å². The van der Waals surface area contributed by atoms with Crippen molar-refractivity contribution in [1.29, 1.82) is 0 Å².